The topological polar surface area (TPSA) is 109 Å². The highest BCUT2D eigenvalue weighted by molar-refractivity contribution is 7.93. The fourth-order valence-corrected chi connectivity index (χ4v) is 4.28. The Balaban J connectivity index is 1.97. The molecule has 1 N–H and O–H groups in total. The van der Waals surface area contributed by atoms with Crippen LogP contribution in [0.3, 0.4) is 0 Å². The highest BCUT2D eigenvalue weighted by atomic mass is 32.2. The Morgan fingerprint density at radius 1 is 1.03 bits per heavy atom. The van der Waals surface area contributed by atoms with Gasteiger partial charge in [0, 0.05) is 0 Å². The number of halogens is 3. The molecule has 0 amide bonds. The van der Waals surface area contributed by atoms with Crippen molar-refractivity contribution in [3.63, 3.8) is 0 Å². The molecular formula is C19H19F3N2O7S. The molecule has 0 radical (unpaired) electrons. The third kappa shape index (κ3) is 4.99. The molecule has 13 heteroatoms. The molecule has 3 rings (SSSR count). The molecule has 0 aliphatic rings. The molecule has 0 fully saturated rings. The Hall–Kier alpha value is -3.19. The predicted molar refractivity (Wildman–Crippen MR) is 107 cm³/mol. The average molecular weight is 476 g/mol. The molecule has 0 unspecified atom stereocenters. The van der Waals surface area contributed by atoms with Crippen molar-refractivity contribution in [3.05, 3.63) is 35.9 Å². The molecule has 0 spiro atoms. The summed E-state index contributed by atoms with van der Waals surface area (Å²) < 4.78 is 90.8. The fraction of sp³-hybridized carbons (Fsp3) is 0.316. The second-order valence-corrected chi connectivity index (χ2v) is 8.03. The lowest BCUT2D eigenvalue weighted by Crippen LogP contribution is -2.16. The van der Waals surface area contributed by atoms with Gasteiger partial charge in [0.2, 0.25) is 0 Å². The van der Waals surface area contributed by atoms with E-state index in [9.17, 15) is 21.6 Å². The van der Waals surface area contributed by atoms with Gasteiger partial charge in [0.05, 0.1) is 27.9 Å². The van der Waals surface area contributed by atoms with Crippen LogP contribution in [0.4, 0.5) is 19.0 Å². The Bertz CT molecular complexity index is 1190. The molecule has 2 aromatic carbocycles. The Morgan fingerprint density at radius 2 is 1.66 bits per heavy atom. The van der Waals surface area contributed by atoms with Gasteiger partial charge in [0.25, 0.3) is 10.0 Å². The molecule has 32 heavy (non-hydrogen) atoms. The van der Waals surface area contributed by atoms with Crippen LogP contribution in [-0.4, -0.2) is 47.7 Å². The van der Waals surface area contributed by atoms with Crippen LogP contribution in [0.2, 0.25) is 0 Å². The van der Waals surface area contributed by atoms with Gasteiger partial charge in [-0.1, -0.05) is 11.2 Å². The molecule has 0 aliphatic heterocycles. The Kier molecular flexibility index (Phi) is 6.69. The largest absolute Gasteiger partial charge is 0.496 e. The quantitative estimate of drug-likeness (QED) is 0.498. The smallest absolute Gasteiger partial charge is 0.411 e. The van der Waals surface area contributed by atoms with Crippen molar-refractivity contribution in [2.75, 3.05) is 32.7 Å². The lowest BCUT2D eigenvalue weighted by atomic mass is 10.1. The molecule has 9 nitrogen and oxygen atoms in total. The van der Waals surface area contributed by atoms with Crippen LogP contribution in [-0.2, 0) is 21.4 Å². The lowest BCUT2D eigenvalue weighted by Gasteiger charge is -2.14. The first-order valence-corrected chi connectivity index (χ1v) is 10.4. The number of fused-ring (bicyclic) bond motifs is 1. The zero-order valence-electron chi connectivity index (χ0n) is 17.1. The number of hydrogen-bond acceptors (Lipinski definition) is 8. The van der Waals surface area contributed by atoms with Crippen LogP contribution in [0.25, 0.3) is 11.0 Å². The molecule has 0 saturated heterocycles. The van der Waals surface area contributed by atoms with Gasteiger partial charge in [-0.25, -0.2) is 8.42 Å². The molecule has 0 saturated carbocycles. The number of nitrogens with one attached hydrogen (secondary N) is 1. The van der Waals surface area contributed by atoms with Crippen LogP contribution in [0, 0.1) is 0 Å². The van der Waals surface area contributed by atoms with E-state index in [1.54, 1.807) is 6.07 Å². The van der Waals surface area contributed by atoms with Gasteiger partial charge in [-0.2, -0.15) is 13.2 Å². The third-order valence-corrected chi connectivity index (χ3v) is 5.64. The number of anilines is 1. The lowest BCUT2D eigenvalue weighted by molar-refractivity contribution is -0.176. The van der Waals surface area contributed by atoms with Crippen molar-refractivity contribution in [2.45, 2.75) is 17.7 Å². The molecule has 3 aromatic rings. The summed E-state index contributed by atoms with van der Waals surface area (Å²) >= 11 is 0. The first-order valence-electron chi connectivity index (χ1n) is 8.94. The van der Waals surface area contributed by atoms with Gasteiger partial charge >= 0.3 is 6.18 Å². The number of nitrogens with zero attached hydrogens (tertiary/aromatic N) is 1. The number of aromatic nitrogens is 1. The monoisotopic (exact) mass is 476 g/mol. The highest BCUT2D eigenvalue weighted by Crippen LogP contribution is 2.38. The second kappa shape index (κ2) is 9.12. The highest BCUT2D eigenvalue weighted by Gasteiger charge is 2.29. The van der Waals surface area contributed by atoms with Gasteiger partial charge in [0.15, 0.2) is 16.3 Å². The number of hydrogen-bond donors (Lipinski definition) is 1. The van der Waals surface area contributed by atoms with Gasteiger partial charge in [0.1, 0.15) is 29.2 Å². The van der Waals surface area contributed by atoms with Gasteiger partial charge in [-0.15, -0.1) is 0 Å². The third-order valence-electron chi connectivity index (χ3n) is 4.23. The maximum atomic E-state index is 13.1. The van der Waals surface area contributed by atoms with Crippen LogP contribution in [0.5, 0.6) is 17.2 Å². The van der Waals surface area contributed by atoms with E-state index in [1.165, 1.54) is 45.6 Å². The minimum Gasteiger partial charge on any atom is -0.496 e. The van der Waals surface area contributed by atoms with Gasteiger partial charge < -0.3 is 23.5 Å². The van der Waals surface area contributed by atoms with E-state index in [-0.39, 0.29) is 45.5 Å². The van der Waals surface area contributed by atoms with E-state index < -0.39 is 22.8 Å². The van der Waals surface area contributed by atoms with Crippen LogP contribution >= 0.6 is 0 Å². The molecule has 174 valence electrons. The predicted octanol–water partition coefficient (Wildman–Crippen LogP) is 3.73. The molecule has 1 aromatic heterocycles. The minimum atomic E-state index is -4.47. The van der Waals surface area contributed by atoms with Crippen molar-refractivity contribution in [1.82, 2.24) is 5.16 Å². The summed E-state index contributed by atoms with van der Waals surface area (Å²) in [6, 6.07) is 7.24. The van der Waals surface area contributed by atoms with Crippen molar-refractivity contribution in [3.8, 4) is 17.2 Å². The maximum absolute atomic E-state index is 13.1. The van der Waals surface area contributed by atoms with E-state index in [2.05, 4.69) is 14.6 Å². The number of sulfonamides is 1. The number of ether oxygens (including phenoxy) is 4. The Labute approximate surface area is 181 Å². The summed E-state index contributed by atoms with van der Waals surface area (Å²) in [4.78, 5) is -0.253. The van der Waals surface area contributed by atoms with E-state index >= 15 is 0 Å². The molecule has 1 heterocycles. The first-order chi connectivity index (χ1) is 15.1. The van der Waals surface area contributed by atoms with Crippen molar-refractivity contribution < 1.29 is 45.1 Å². The summed E-state index contributed by atoms with van der Waals surface area (Å²) in [5, 5.41) is 3.91. The van der Waals surface area contributed by atoms with Crippen LogP contribution in [0.1, 0.15) is 5.56 Å². The summed E-state index contributed by atoms with van der Waals surface area (Å²) in [5.41, 5.74) is 0.398. The first kappa shape index (κ1) is 23.5. The number of alkyl halides is 3. The summed E-state index contributed by atoms with van der Waals surface area (Å²) in [6.07, 6.45) is -4.47. The normalized spacial score (nSPS) is 12.1. The Morgan fingerprint density at radius 3 is 2.22 bits per heavy atom. The van der Waals surface area contributed by atoms with Gasteiger partial charge in [-0.05, 0) is 29.8 Å². The van der Waals surface area contributed by atoms with Crippen molar-refractivity contribution >= 4 is 26.8 Å². The molecule has 0 bridgehead atoms. The zero-order chi connectivity index (χ0) is 23.5. The summed E-state index contributed by atoms with van der Waals surface area (Å²) in [7, 11) is -0.324. The average Bonchev–Trinajstić information content (AvgIpc) is 3.13. The summed E-state index contributed by atoms with van der Waals surface area (Å²) in [6.45, 7) is -1.79. The van der Waals surface area contributed by atoms with E-state index in [1.807, 2.05) is 0 Å². The SMILES string of the molecule is COc1cccc(OC)c1S(=O)(=O)Nc1noc2cc(COCC(F)(F)F)cc(OC)c12. The molecule has 0 aliphatic carbocycles. The summed E-state index contributed by atoms with van der Waals surface area (Å²) in [5.74, 6) is 0.0213. The fourth-order valence-electron chi connectivity index (χ4n) is 2.95. The van der Waals surface area contributed by atoms with E-state index in [0.717, 1.165) is 0 Å². The van der Waals surface area contributed by atoms with Crippen LogP contribution < -0.4 is 18.9 Å². The second-order valence-electron chi connectivity index (χ2n) is 6.41. The number of benzene rings is 2. The molecular weight excluding hydrogens is 457 g/mol. The van der Waals surface area contributed by atoms with Crippen LogP contribution in [0.15, 0.2) is 39.8 Å². The number of methoxy groups -OCH3 is 3. The number of rotatable bonds is 9. The van der Waals surface area contributed by atoms with Gasteiger partial charge in [-0.3, -0.25) is 4.72 Å². The minimum absolute atomic E-state index is 0.0423. The van der Waals surface area contributed by atoms with Crippen molar-refractivity contribution in [2.24, 2.45) is 0 Å². The van der Waals surface area contributed by atoms with E-state index in [4.69, 9.17) is 18.7 Å². The van der Waals surface area contributed by atoms with Crippen molar-refractivity contribution in [1.29, 1.82) is 0 Å². The zero-order valence-corrected chi connectivity index (χ0v) is 18.0. The standard InChI is InChI=1S/C19H19F3N2O7S/c1-27-12-5-4-6-13(28-2)17(12)32(25,26)24-18-16-14(29-3)7-11(8-15(16)31-23-18)9-30-10-19(20,21)22/h4-8H,9-10H2,1-3H3,(H,23,24). The maximum Gasteiger partial charge on any atom is 0.411 e. The molecule has 0 atom stereocenters. The van der Waals surface area contributed by atoms with E-state index in [0.29, 0.717) is 5.56 Å².